The molecule has 0 bridgehead atoms. The Hall–Kier alpha value is -2.98. The number of halogens is 3. The first-order chi connectivity index (χ1) is 11.7. The summed E-state index contributed by atoms with van der Waals surface area (Å²) in [6, 6.07) is 1.92. The lowest BCUT2D eigenvalue weighted by Crippen LogP contribution is -2.36. The minimum absolute atomic E-state index is 0.0415. The Morgan fingerprint density at radius 2 is 2.04 bits per heavy atom. The number of alkyl halides is 3. The number of carbonyl (C=O) groups excluding carboxylic acids is 1. The van der Waals surface area contributed by atoms with E-state index in [1.807, 2.05) is 0 Å². The Labute approximate surface area is 139 Å². The van der Waals surface area contributed by atoms with Crippen LogP contribution in [0.15, 0.2) is 24.5 Å². The molecule has 2 rings (SSSR count). The minimum Gasteiger partial charge on any atom is -0.480 e. The summed E-state index contributed by atoms with van der Waals surface area (Å²) in [5, 5.41) is 16.1. The number of carboxylic acids is 1. The van der Waals surface area contributed by atoms with Crippen LogP contribution in [0.3, 0.4) is 0 Å². The fraction of sp³-hybridized carbons (Fsp3) is 0.357. The van der Waals surface area contributed by atoms with Crippen molar-refractivity contribution in [3.63, 3.8) is 0 Å². The van der Waals surface area contributed by atoms with Crippen molar-refractivity contribution < 1.29 is 27.9 Å². The van der Waals surface area contributed by atoms with Crippen molar-refractivity contribution in [1.82, 2.24) is 24.9 Å². The summed E-state index contributed by atoms with van der Waals surface area (Å²) in [4.78, 5) is 27.8. The average molecular weight is 357 g/mol. The van der Waals surface area contributed by atoms with Crippen molar-refractivity contribution in [1.29, 1.82) is 0 Å². The zero-order chi connectivity index (χ0) is 18.6. The molecule has 0 radical (unpaired) electrons. The van der Waals surface area contributed by atoms with Gasteiger partial charge in [-0.2, -0.15) is 13.2 Å². The lowest BCUT2D eigenvalue weighted by atomic mass is 10.3. The third-order valence-electron chi connectivity index (χ3n) is 3.13. The van der Waals surface area contributed by atoms with Gasteiger partial charge in [0, 0.05) is 12.7 Å². The van der Waals surface area contributed by atoms with Crippen LogP contribution in [0.4, 0.5) is 13.2 Å². The Bertz CT molecular complexity index is 758. The molecule has 0 aliphatic rings. The zero-order valence-electron chi connectivity index (χ0n) is 13.1. The lowest BCUT2D eigenvalue weighted by Gasteiger charge is -2.18. The molecule has 2 aromatic heterocycles. The van der Waals surface area contributed by atoms with E-state index in [0.717, 1.165) is 21.7 Å². The second-order valence-electron chi connectivity index (χ2n) is 5.07. The number of hydrogen-bond donors (Lipinski definition) is 1. The van der Waals surface area contributed by atoms with Gasteiger partial charge >= 0.3 is 12.1 Å². The minimum atomic E-state index is -4.51. The van der Waals surface area contributed by atoms with Gasteiger partial charge in [0.05, 0.1) is 11.8 Å². The number of carboxylic acid groups (broad SMARTS) is 1. The molecule has 0 atom stereocenters. The summed E-state index contributed by atoms with van der Waals surface area (Å²) in [5.74, 6) is -1.76. The van der Waals surface area contributed by atoms with Crippen LogP contribution in [0.1, 0.15) is 29.4 Å². The van der Waals surface area contributed by atoms with Gasteiger partial charge in [0.1, 0.15) is 6.54 Å². The van der Waals surface area contributed by atoms with Crippen molar-refractivity contribution >= 4 is 11.9 Å². The Kier molecular flexibility index (Phi) is 5.35. The molecule has 0 unspecified atom stereocenters. The summed E-state index contributed by atoms with van der Waals surface area (Å²) >= 11 is 0. The standard InChI is InChI=1S/C14H14F3N5O3/c1-2-5-21(8-12(23)24)13(25)10-7-22(20-19-10)11-4-3-9(6-18-11)14(15,16)17/h3-4,6-7H,2,5,8H2,1H3,(H,23,24). The first kappa shape index (κ1) is 18.4. The maximum atomic E-state index is 12.5. The van der Waals surface area contributed by atoms with Gasteiger partial charge in [-0.05, 0) is 18.6 Å². The normalized spacial score (nSPS) is 11.4. The van der Waals surface area contributed by atoms with Gasteiger partial charge in [0.25, 0.3) is 5.91 Å². The lowest BCUT2D eigenvalue weighted by molar-refractivity contribution is -0.138. The predicted octanol–water partition coefficient (Wildman–Crippen LogP) is 1.62. The Morgan fingerprint density at radius 3 is 2.56 bits per heavy atom. The molecule has 0 spiro atoms. The van der Waals surface area contributed by atoms with Gasteiger partial charge in [0.15, 0.2) is 11.5 Å². The highest BCUT2D eigenvalue weighted by molar-refractivity contribution is 5.93. The van der Waals surface area contributed by atoms with Gasteiger partial charge in [0.2, 0.25) is 0 Å². The van der Waals surface area contributed by atoms with E-state index in [1.54, 1.807) is 6.92 Å². The molecule has 8 nitrogen and oxygen atoms in total. The van der Waals surface area contributed by atoms with E-state index in [9.17, 15) is 22.8 Å². The van der Waals surface area contributed by atoms with Crippen LogP contribution in [-0.4, -0.2) is 55.0 Å². The van der Waals surface area contributed by atoms with Crippen molar-refractivity contribution in [2.75, 3.05) is 13.1 Å². The van der Waals surface area contributed by atoms with Crippen LogP contribution < -0.4 is 0 Å². The van der Waals surface area contributed by atoms with Crippen LogP contribution in [0.25, 0.3) is 5.82 Å². The number of carbonyl (C=O) groups is 2. The van der Waals surface area contributed by atoms with Gasteiger partial charge in [-0.3, -0.25) is 9.59 Å². The highest BCUT2D eigenvalue weighted by atomic mass is 19.4. The van der Waals surface area contributed by atoms with Crippen molar-refractivity contribution in [2.24, 2.45) is 0 Å². The quantitative estimate of drug-likeness (QED) is 0.843. The molecule has 11 heteroatoms. The smallest absolute Gasteiger partial charge is 0.417 e. The van der Waals surface area contributed by atoms with Gasteiger partial charge < -0.3 is 10.0 Å². The van der Waals surface area contributed by atoms with E-state index in [4.69, 9.17) is 5.11 Å². The van der Waals surface area contributed by atoms with Gasteiger partial charge in [-0.15, -0.1) is 5.10 Å². The van der Waals surface area contributed by atoms with E-state index < -0.39 is 30.2 Å². The highest BCUT2D eigenvalue weighted by Crippen LogP contribution is 2.28. The molecule has 1 amide bonds. The van der Waals surface area contributed by atoms with E-state index in [-0.39, 0.29) is 18.1 Å². The SMILES string of the molecule is CCCN(CC(=O)O)C(=O)c1cn(-c2ccc(C(F)(F)F)cn2)nn1. The van der Waals surface area contributed by atoms with Gasteiger partial charge in [-0.25, -0.2) is 9.67 Å². The molecule has 25 heavy (non-hydrogen) atoms. The van der Waals surface area contributed by atoms with E-state index in [0.29, 0.717) is 12.6 Å². The van der Waals surface area contributed by atoms with Crippen molar-refractivity contribution in [3.05, 3.63) is 35.8 Å². The third-order valence-corrected chi connectivity index (χ3v) is 3.13. The number of nitrogens with zero attached hydrogens (tertiary/aromatic N) is 5. The summed E-state index contributed by atoms with van der Waals surface area (Å²) in [7, 11) is 0. The maximum absolute atomic E-state index is 12.5. The second-order valence-corrected chi connectivity index (χ2v) is 5.07. The Morgan fingerprint density at radius 1 is 1.32 bits per heavy atom. The summed E-state index contributed by atoms with van der Waals surface area (Å²) < 4.78 is 38.6. The monoisotopic (exact) mass is 357 g/mol. The van der Waals surface area contributed by atoms with E-state index >= 15 is 0 Å². The number of aliphatic carboxylic acids is 1. The first-order valence-electron chi connectivity index (χ1n) is 7.19. The molecule has 0 aliphatic heterocycles. The van der Waals surface area contributed by atoms with Gasteiger partial charge in [-0.1, -0.05) is 12.1 Å². The van der Waals surface area contributed by atoms with Crippen molar-refractivity contribution in [2.45, 2.75) is 19.5 Å². The highest BCUT2D eigenvalue weighted by Gasteiger charge is 2.30. The summed E-state index contributed by atoms with van der Waals surface area (Å²) in [6.07, 6.45) is -2.13. The molecule has 2 aromatic rings. The molecule has 0 saturated carbocycles. The molecule has 0 aliphatic carbocycles. The number of pyridine rings is 1. The zero-order valence-corrected chi connectivity index (χ0v) is 13.1. The topological polar surface area (TPSA) is 101 Å². The number of rotatable bonds is 6. The number of hydrogen-bond acceptors (Lipinski definition) is 5. The van der Waals surface area contributed by atoms with E-state index in [1.165, 1.54) is 6.20 Å². The number of aromatic nitrogens is 4. The second kappa shape index (κ2) is 7.28. The molecule has 0 fully saturated rings. The average Bonchev–Trinajstić information content (AvgIpc) is 3.02. The van der Waals surface area contributed by atoms with Crippen LogP contribution in [0.5, 0.6) is 0 Å². The largest absolute Gasteiger partial charge is 0.480 e. The molecule has 0 saturated heterocycles. The molecular weight excluding hydrogens is 343 g/mol. The van der Waals surface area contributed by atoms with Crippen LogP contribution in [0.2, 0.25) is 0 Å². The molecule has 2 heterocycles. The number of amides is 1. The fourth-order valence-electron chi connectivity index (χ4n) is 2.01. The van der Waals surface area contributed by atoms with Crippen LogP contribution >= 0.6 is 0 Å². The molecular formula is C14H14F3N5O3. The fourth-order valence-corrected chi connectivity index (χ4v) is 2.01. The van der Waals surface area contributed by atoms with Crippen LogP contribution in [0, 0.1) is 0 Å². The summed E-state index contributed by atoms with van der Waals surface area (Å²) in [6.45, 7) is 1.51. The maximum Gasteiger partial charge on any atom is 0.417 e. The Balaban J connectivity index is 2.21. The third kappa shape index (κ3) is 4.52. The van der Waals surface area contributed by atoms with Crippen LogP contribution in [-0.2, 0) is 11.0 Å². The predicted molar refractivity (Wildman–Crippen MR) is 78.0 cm³/mol. The van der Waals surface area contributed by atoms with Crippen molar-refractivity contribution in [3.8, 4) is 5.82 Å². The molecule has 0 aromatic carbocycles. The summed E-state index contributed by atoms with van der Waals surface area (Å²) in [5.41, 5.74) is -1.04. The first-order valence-corrected chi connectivity index (χ1v) is 7.19. The molecule has 1 N–H and O–H groups in total. The molecule has 134 valence electrons. The van der Waals surface area contributed by atoms with E-state index in [2.05, 4.69) is 15.3 Å².